The zero-order valence-electron chi connectivity index (χ0n) is 51.6. The van der Waals surface area contributed by atoms with Gasteiger partial charge < -0.3 is 18.6 Å². The summed E-state index contributed by atoms with van der Waals surface area (Å²) in [5, 5.41) is 14.4. The van der Waals surface area contributed by atoms with Gasteiger partial charge in [0.25, 0.3) is 0 Å². The SMILES string of the molecule is c1ccc2c(c1)-c1ccc(N(c3ccc4c(ccc5ccccc54)c3)c3ccc4c(c3)oc3cc5c(cc34)oc3cc(N(c4ccc6c(c4)C4(c7ccccc7-6)C6CC7CC8CC4C78C6)c4ccc6c(ccc7ccccc76)c4)ccc35)cc1C21C2CC3CC(C2)C1C3. The lowest BCUT2D eigenvalue weighted by Gasteiger charge is -2.70. The molecule has 442 valence electrons. The van der Waals surface area contributed by atoms with Gasteiger partial charge in [-0.05, 0) is 277 Å². The molecule has 0 amide bonds. The van der Waals surface area contributed by atoms with Crippen LogP contribution in [-0.4, -0.2) is 0 Å². The molecule has 11 unspecified atom stereocenters. The van der Waals surface area contributed by atoms with Crippen molar-refractivity contribution in [2.45, 2.75) is 62.2 Å². The fraction of sp³-hybridized carbons (Fsp3) is 0.213. The van der Waals surface area contributed by atoms with E-state index in [1.165, 1.54) is 128 Å². The van der Waals surface area contributed by atoms with Gasteiger partial charge in [-0.1, -0.05) is 146 Å². The Labute approximate surface area is 538 Å². The zero-order chi connectivity index (χ0) is 59.9. The molecule has 0 radical (unpaired) electrons. The first kappa shape index (κ1) is 49.8. The van der Waals surface area contributed by atoms with Crippen LogP contribution in [0.2, 0.25) is 0 Å². The van der Waals surface area contributed by atoms with Gasteiger partial charge in [-0.25, -0.2) is 0 Å². The third-order valence-electron chi connectivity index (χ3n) is 27.1. The Bertz CT molecular complexity index is 5920. The van der Waals surface area contributed by atoms with Crippen molar-refractivity contribution >= 4 is 121 Å². The fourth-order valence-corrected chi connectivity index (χ4v) is 23.9. The van der Waals surface area contributed by atoms with Crippen LogP contribution >= 0.6 is 0 Å². The summed E-state index contributed by atoms with van der Waals surface area (Å²) in [5.74, 6) is 6.39. The highest BCUT2D eigenvalue weighted by Crippen LogP contribution is 2.88. The number of fused-ring (bicyclic) bond motifs is 23. The van der Waals surface area contributed by atoms with Crippen LogP contribution in [0, 0.1) is 52.8 Å². The highest BCUT2D eigenvalue weighted by Gasteiger charge is 2.82. The van der Waals surface area contributed by atoms with Gasteiger partial charge >= 0.3 is 0 Å². The number of anilines is 6. The van der Waals surface area contributed by atoms with Gasteiger partial charge in [-0.2, -0.15) is 0 Å². The number of furan rings is 2. The third-order valence-corrected chi connectivity index (χ3v) is 27.1. The predicted octanol–water partition coefficient (Wildman–Crippen LogP) is 23.7. The van der Waals surface area contributed by atoms with Crippen LogP contribution in [0.5, 0.6) is 0 Å². The van der Waals surface area contributed by atoms with Gasteiger partial charge in [0.15, 0.2) is 0 Å². The van der Waals surface area contributed by atoms with Crippen molar-refractivity contribution in [2.75, 3.05) is 9.80 Å². The molecule has 2 heterocycles. The number of hydrogen-bond acceptors (Lipinski definition) is 4. The van der Waals surface area contributed by atoms with Crippen molar-refractivity contribution < 1.29 is 8.83 Å². The van der Waals surface area contributed by atoms with Crippen molar-refractivity contribution in [2.24, 2.45) is 52.8 Å². The van der Waals surface area contributed by atoms with E-state index in [1.807, 2.05) is 0 Å². The molecule has 2 aromatic heterocycles. The van der Waals surface area contributed by atoms with Crippen molar-refractivity contribution in [3.05, 3.63) is 265 Å². The molecule has 8 saturated carbocycles. The van der Waals surface area contributed by atoms with Crippen LogP contribution < -0.4 is 9.80 Å². The van der Waals surface area contributed by atoms with E-state index in [-0.39, 0.29) is 10.8 Å². The van der Waals surface area contributed by atoms with Gasteiger partial charge in [-0.3, -0.25) is 0 Å². The first-order chi connectivity index (χ1) is 45.9. The van der Waals surface area contributed by atoms with Crippen LogP contribution in [0.3, 0.4) is 0 Å². The molecular formula is C89H64N2O2. The van der Waals surface area contributed by atoms with Crippen LogP contribution in [0.4, 0.5) is 34.1 Å². The number of benzene rings is 13. The van der Waals surface area contributed by atoms with Gasteiger partial charge in [0.05, 0.1) is 0 Å². The Hall–Kier alpha value is -9.90. The Kier molecular flexibility index (Phi) is 9.11. The smallest absolute Gasteiger partial charge is 0.137 e. The minimum absolute atomic E-state index is 0.0689. The maximum Gasteiger partial charge on any atom is 0.137 e. The molecule has 0 aliphatic heterocycles. The minimum atomic E-state index is 0.0689. The van der Waals surface area contributed by atoms with Crippen LogP contribution in [0.25, 0.3) is 109 Å². The number of hydrogen-bond donors (Lipinski definition) is 0. The van der Waals surface area contributed by atoms with E-state index in [0.717, 1.165) is 96.2 Å². The van der Waals surface area contributed by atoms with Gasteiger partial charge in [0, 0.05) is 78.6 Å². The van der Waals surface area contributed by atoms with Crippen molar-refractivity contribution in [3.63, 3.8) is 0 Å². The second kappa shape index (κ2) is 17.0. The lowest BCUT2D eigenvalue weighted by molar-refractivity contribution is -0.193. The summed E-state index contributed by atoms with van der Waals surface area (Å²) >= 11 is 0. The number of nitrogens with zero attached hydrogens (tertiary/aromatic N) is 2. The maximum absolute atomic E-state index is 7.13. The molecule has 4 nitrogen and oxygen atoms in total. The largest absolute Gasteiger partial charge is 0.456 e. The standard InChI is InChI=1S/C89H64N2O2/c1-3-11-65-50(9-1)17-19-52-37-59(21-27-67(52)65)90(61-23-29-71-69-13-5-7-15-77(69)88(80(71)42-61)57-34-49-33-54(36-57)79(88)35-49)63-25-31-73-75-46-85-76(47-84(75)92-82(73)44-63)74-32-26-64(45-83(74)93-85)91(60-22-28-68-53(38-60)20-18-51-10-2-4-12-66(51)68)62-24-30-72-70-14-6-8-16-78(70)89(81(72)43-62)58-40-55-39-56-41-86(89)87(55,56)48-58/h1-32,37-38,42-47,49,54-58,79,86H,33-36,39-41,48H2. The van der Waals surface area contributed by atoms with E-state index in [0.29, 0.717) is 23.2 Å². The third kappa shape index (κ3) is 5.97. The Balaban J connectivity index is 0.646. The average molecular weight is 1190 g/mol. The second-order valence-electron chi connectivity index (χ2n) is 30.3. The first-order valence-corrected chi connectivity index (χ1v) is 34.7. The lowest BCUT2D eigenvalue weighted by Crippen LogP contribution is -2.65. The topological polar surface area (TPSA) is 32.8 Å². The molecule has 25 rings (SSSR count). The molecule has 8 fully saturated rings. The van der Waals surface area contributed by atoms with Crippen molar-refractivity contribution in [3.8, 4) is 22.3 Å². The fourth-order valence-electron chi connectivity index (χ4n) is 23.9. The first-order valence-electron chi connectivity index (χ1n) is 34.7. The average Bonchev–Trinajstić information content (AvgIpc) is 1.46. The summed E-state index contributed by atoms with van der Waals surface area (Å²) < 4.78 is 14.3. The van der Waals surface area contributed by atoms with Gasteiger partial charge in [0.2, 0.25) is 0 Å². The normalized spacial score (nSPS) is 27.4. The van der Waals surface area contributed by atoms with Crippen molar-refractivity contribution in [1.82, 2.24) is 0 Å². The molecule has 10 aliphatic rings. The quantitative estimate of drug-likeness (QED) is 0.155. The highest BCUT2D eigenvalue weighted by atomic mass is 16.3. The lowest BCUT2D eigenvalue weighted by atomic mass is 9.34. The van der Waals surface area contributed by atoms with E-state index in [2.05, 4.69) is 252 Å². The van der Waals surface area contributed by atoms with Crippen LogP contribution in [-0.2, 0) is 10.8 Å². The summed E-state index contributed by atoms with van der Waals surface area (Å²) in [4.78, 5) is 5.02. The van der Waals surface area contributed by atoms with E-state index in [4.69, 9.17) is 8.83 Å². The molecule has 11 atom stereocenters. The molecular weight excluding hydrogens is 1130 g/mol. The van der Waals surface area contributed by atoms with Crippen molar-refractivity contribution in [1.29, 1.82) is 0 Å². The highest BCUT2D eigenvalue weighted by molar-refractivity contribution is 6.16. The summed E-state index contributed by atoms with van der Waals surface area (Å²) in [6, 6.07) is 93.2. The summed E-state index contributed by atoms with van der Waals surface area (Å²) in [5.41, 5.74) is 23.1. The Morgan fingerprint density at radius 2 is 0.742 bits per heavy atom. The number of rotatable bonds is 6. The molecule has 0 saturated heterocycles. The van der Waals surface area contributed by atoms with E-state index in [1.54, 1.807) is 22.3 Å². The van der Waals surface area contributed by atoms with Gasteiger partial charge in [0.1, 0.15) is 22.3 Å². The van der Waals surface area contributed by atoms with Gasteiger partial charge in [-0.15, -0.1) is 0 Å². The molecule has 4 heteroatoms. The predicted molar refractivity (Wildman–Crippen MR) is 380 cm³/mol. The molecule has 13 aromatic carbocycles. The summed E-state index contributed by atoms with van der Waals surface area (Å²) in [7, 11) is 0. The molecule has 6 bridgehead atoms. The summed E-state index contributed by atoms with van der Waals surface area (Å²) in [6.45, 7) is 0. The monoisotopic (exact) mass is 1190 g/mol. The molecule has 10 aliphatic carbocycles. The molecule has 93 heavy (non-hydrogen) atoms. The Morgan fingerprint density at radius 3 is 1.32 bits per heavy atom. The Morgan fingerprint density at radius 1 is 0.290 bits per heavy atom. The van der Waals surface area contributed by atoms with Crippen LogP contribution in [0.15, 0.2) is 251 Å². The van der Waals surface area contributed by atoms with Crippen LogP contribution in [0.1, 0.15) is 73.6 Å². The zero-order valence-corrected chi connectivity index (χ0v) is 51.6. The van der Waals surface area contributed by atoms with E-state index in [9.17, 15) is 0 Å². The minimum Gasteiger partial charge on any atom is -0.456 e. The molecule has 3 spiro atoms. The maximum atomic E-state index is 7.13. The molecule has 0 N–H and O–H groups in total. The van der Waals surface area contributed by atoms with E-state index >= 15 is 0 Å². The van der Waals surface area contributed by atoms with E-state index < -0.39 is 0 Å². The summed E-state index contributed by atoms with van der Waals surface area (Å²) in [6.07, 6.45) is 11.1. The second-order valence-corrected chi connectivity index (χ2v) is 30.3. The molecule has 15 aromatic rings.